The average molecular weight is 368 g/mol. The van der Waals surface area contributed by atoms with Crippen LogP contribution in [-0.2, 0) is 9.47 Å². The summed E-state index contributed by atoms with van der Waals surface area (Å²) in [5.74, 6) is -1.01. The van der Waals surface area contributed by atoms with E-state index in [1.165, 1.54) is 0 Å². The summed E-state index contributed by atoms with van der Waals surface area (Å²) >= 11 is 0. The van der Waals surface area contributed by atoms with Crippen molar-refractivity contribution in [2.75, 3.05) is 13.2 Å². The maximum atomic E-state index is 12.2. The molecule has 2 aromatic rings. The molecule has 5 nitrogen and oxygen atoms in total. The van der Waals surface area contributed by atoms with Crippen LogP contribution < -0.4 is 0 Å². The van der Waals surface area contributed by atoms with Crippen LogP contribution in [0.25, 0.3) is 0 Å². The Morgan fingerprint density at radius 3 is 1.85 bits per heavy atom. The summed E-state index contributed by atoms with van der Waals surface area (Å²) in [5, 5.41) is 10.0. The van der Waals surface area contributed by atoms with Crippen molar-refractivity contribution in [1.29, 1.82) is 0 Å². The number of aliphatic hydroxyl groups excluding tert-OH is 1. The highest BCUT2D eigenvalue weighted by Crippen LogP contribution is 2.35. The van der Waals surface area contributed by atoms with E-state index in [2.05, 4.69) is 0 Å². The third kappa shape index (κ3) is 4.37. The first-order valence-corrected chi connectivity index (χ1v) is 9.11. The molecule has 0 bridgehead atoms. The number of carbonyl (C=O) groups excluding carboxylic acids is 2. The molecule has 0 aromatic heterocycles. The zero-order valence-corrected chi connectivity index (χ0v) is 15.6. The molecule has 0 aliphatic heterocycles. The molecular formula is C22H24O5. The molecule has 3 rings (SSSR count). The molecule has 3 atom stereocenters. The Labute approximate surface area is 158 Å². The molecular weight excluding hydrogens is 344 g/mol. The highest BCUT2D eigenvalue weighted by Gasteiger charge is 2.41. The number of esters is 2. The lowest BCUT2D eigenvalue weighted by Gasteiger charge is -2.40. The molecule has 27 heavy (non-hydrogen) atoms. The smallest absolute Gasteiger partial charge is 0.338 e. The monoisotopic (exact) mass is 368 g/mol. The molecule has 142 valence electrons. The van der Waals surface area contributed by atoms with Gasteiger partial charge < -0.3 is 14.6 Å². The van der Waals surface area contributed by atoms with Crippen molar-refractivity contribution >= 4 is 11.9 Å². The quantitative estimate of drug-likeness (QED) is 0.792. The van der Waals surface area contributed by atoms with Crippen LogP contribution >= 0.6 is 0 Å². The number of aliphatic hydroxyl groups is 1. The minimum absolute atomic E-state index is 0.0161. The normalized spacial score (nSPS) is 21.2. The Morgan fingerprint density at radius 2 is 1.37 bits per heavy atom. The topological polar surface area (TPSA) is 72.8 Å². The molecule has 0 radical (unpaired) electrons. The van der Waals surface area contributed by atoms with Crippen molar-refractivity contribution < 1.29 is 24.2 Å². The summed E-state index contributed by atoms with van der Waals surface area (Å²) in [7, 11) is 0. The molecule has 2 aromatic carbocycles. The van der Waals surface area contributed by atoms with Crippen LogP contribution in [0.2, 0.25) is 0 Å². The maximum Gasteiger partial charge on any atom is 0.338 e. The Kier molecular flexibility index (Phi) is 5.91. The van der Waals surface area contributed by atoms with Gasteiger partial charge in [-0.3, -0.25) is 0 Å². The van der Waals surface area contributed by atoms with E-state index in [9.17, 15) is 14.7 Å². The van der Waals surface area contributed by atoms with Crippen molar-refractivity contribution in [2.24, 2.45) is 11.8 Å². The summed E-state index contributed by atoms with van der Waals surface area (Å²) in [6.07, 6.45) is -0.00925. The largest absolute Gasteiger partial charge is 0.462 e. The molecule has 0 unspecified atom stereocenters. The van der Waals surface area contributed by atoms with Crippen molar-refractivity contribution in [3.63, 3.8) is 0 Å². The standard InChI is InChI=1S/C22H24O5/c1-14-7-3-5-9-17(14)21(24)26-12-16-11-20(23)19(16)13-27-22(25)18-10-6-4-8-15(18)2/h3-10,16,19-20,23H,11-13H2,1-2H3/t16-,19-,20+/m1/s1. The number of ether oxygens (including phenoxy) is 2. The molecule has 0 spiro atoms. The third-order valence-corrected chi connectivity index (χ3v) is 5.21. The van der Waals surface area contributed by atoms with Gasteiger partial charge >= 0.3 is 11.9 Å². The highest BCUT2D eigenvalue weighted by molar-refractivity contribution is 5.91. The number of rotatable bonds is 6. The Hall–Kier alpha value is -2.66. The van der Waals surface area contributed by atoms with E-state index < -0.39 is 12.1 Å². The maximum absolute atomic E-state index is 12.2. The molecule has 1 saturated carbocycles. The first-order valence-electron chi connectivity index (χ1n) is 9.11. The molecule has 1 N–H and O–H groups in total. The predicted octanol–water partition coefficient (Wildman–Crippen LogP) is 3.31. The third-order valence-electron chi connectivity index (χ3n) is 5.21. The van der Waals surface area contributed by atoms with E-state index in [1.807, 2.05) is 38.1 Å². The van der Waals surface area contributed by atoms with Crippen molar-refractivity contribution in [3.8, 4) is 0 Å². The molecule has 0 amide bonds. The van der Waals surface area contributed by atoms with Gasteiger partial charge in [-0.2, -0.15) is 0 Å². The van der Waals surface area contributed by atoms with E-state index in [1.54, 1.807) is 24.3 Å². The number of carbonyl (C=O) groups is 2. The van der Waals surface area contributed by atoms with Gasteiger partial charge in [-0.15, -0.1) is 0 Å². The summed E-state index contributed by atoms with van der Waals surface area (Å²) < 4.78 is 10.8. The van der Waals surface area contributed by atoms with Gasteiger partial charge in [-0.1, -0.05) is 36.4 Å². The molecule has 1 aliphatic carbocycles. The minimum Gasteiger partial charge on any atom is -0.462 e. The van der Waals surface area contributed by atoms with Gasteiger partial charge in [0.05, 0.1) is 30.4 Å². The van der Waals surface area contributed by atoms with Crippen LogP contribution in [0.3, 0.4) is 0 Å². The van der Waals surface area contributed by atoms with Crippen LogP contribution in [-0.4, -0.2) is 36.4 Å². The Morgan fingerprint density at radius 1 is 0.889 bits per heavy atom. The summed E-state index contributed by atoms with van der Waals surface area (Å²) in [5.41, 5.74) is 2.77. The van der Waals surface area contributed by atoms with Crippen molar-refractivity contribution in [1.82, 2.24) is 0 Å². The highest BCUT2D eigenvalue weighted by atomic mass is 16.5. The summed E-state index contributed by atoms with van der Waals surface area (Å²) in [6.45, 7) is 4.03. The second-order valence-corrected chi connectivity index (χ2v) is 7.05. The van der Waals surface area contributed by atoms with E-state index in [0.717, 1.165) is 11.1 Å². The fourth-order valence-electron chi connectivity index (χ4n) is 3.33. The number of benzene rings is 2. The first kappa shape index (κ1) is 19.1. The molecule has 1 aliphatic rings. The summed E-state index contributed by atoms with van der Waals surface area (Å²) in [6, 6.07) is 14.5. The van der Waals surface area contributed by atoms with Gasteiger partial charge in [0, 0.05) is 11.8 Å². The molecule has 1 fully saturated rings. The van der Waals surface area contributed by atoms with Gasteiger partial charge in [-0.25, -0.2) is 9.59 Å². The van der Waals surface area contributed by atoms with Crippen LogP contribution in [0, 0.1) is 25.7 Å². The van der Waals surface area contributed by atoms with Crippen LogP contribution in [0.1, 0.15) is 38.3 Å². The van der Waals surface area contributed by atoms with Gasteiger partial charge in [0.1, 0.15) is 0 Å². The van der Waals surface area contributed by atoms with Crippen molar-refractivity contribution in [2.45, 2.75) is 26.4 Å². The van der Waals surface area contributed by atoms with Gasteiger partial charge in [0.15, 0.2) is 0 Å². The molecule has 0 saturated heterocycles. The molecule has 0 heterocycles. The first-order chi connectivity index (χ1) is 13.0. The number of hydrogen-bond donors (Lipinski definition) is 1. The Balaban J connectivity index is 1.51. The van der Waals surface area contributed by atoms with E-state index in [-0.39, 0.29) is 31.0 Å². The van der Waals surface area contributed by atoms with Gasteiger partial charge in [0.2, 0.25) is 0 Å². The van der Waals surface area contributed by atoms with Gasteiger partial charge in [0.25, 0.3) is 0 Å². The SMILES string of the molecule is Cc1ccccc1C(=O)OC[C@H]1C[C@H](O)[C@@H]1COC(=O)c1ccccc1C. The zero-order valence-electron chi connectivity index (χ0n) is 15.6. The lowest BCUT2D eigenvalue weighted by atomic mass is 9.72. The minimum atomic E-state index is -0.545. The number of aryl methyl sites for hydroxylation is 2. The van der Waals surface area contributed by atoms with Crippen molar-refractivity contribution in [3.05, 3.63) is 70.8 Å². The van der Waals surface area contributed by atoms with E-state index >= 15 is 0 Å². The average Bonchev–Trinajstić information content (AvgIpc) is 2.65. The fourth-order valence-corrected chi connectivity index (χ4v) is 3.33. The summed E-state index contributed by atoms with van der Waals surface area (Å²) in [4.78, 5) is 24.4. The fraction of sp³-hybridized carbons (Fsp3) is 0.364. The second-order valence-electron chi connectivity index (χ2n) is 7.05. The van der Waals surface area contributed by atoms with Gasteiger partial charge in [-0.05, 0) is 43.5 Å². The second kappa shape index (κ2) is 8.35. The number of hydrogen-bond acceptors (Lipinski definition) is 5. The Bertz CT molecular complexity index is 829. The van der Waals surface area contributed by atoms with Crippen LogP contribution in [0.15, 0.2) is 48.5 Å². The predicted molar refractivity (Wildman–Crippen MR) is 101 cm³/mol. The van der Waals surface area contributed by atoms with E-state index in [0.29, 0.717) is 17.5 Å². The van der Waals surface area contributed by atoms with Crippen LogP contribution in [0.5, 0.6) is 0 Å². The lowest BCUT2D eigenvalue weighted by Crippen LogP contribution is -2.46. The lowest BCUT2D eigenvalue weighted by molar-refractivity contribution is -0.0853. The van der Waals surface area contributed by atoms with Crippen LogP contribution in [0.4, 0.5) is 0 Å². The zero-order chi connectivity index (χ0) is 19.4. The molecule has 5 heteroatoms. The van der Waals surface area contributed by atoms with E-state index in [4.69, 9.17) is 9.47 Å².